The summed E-state index contributed by atoms with van der Waals surface area (Å²) in [5.41, 5.74) is 2.78. The Morgan fingerprint density at radius 2 is 2.00 bits per heavy atom. The highest BCUT2D eigenvalue weighted by atomic mass is 32.1. The second kappa shape index (κ2) is 7.58. The van der Waals surface area contributed by atoms with E-state index in [2.05, 4.69) is 73.0 Å². The first-order chi connectivity index (χ1) is 9.70. The molecule has 108 valence electrons. The molecule has 0 spiro atoms. The van der Waals surface area contributed by atoms with Gasteiger partial charge in [-0.15, -0.1) is 11.3 Å². The van der Waals surface area contributed by atoms with Gasteiger partial charge < -0.3 is 10.2 Å². The molecule has 0 fully saturated rings. The van der Waals surface area contributed by atoms with Crippen molar-refractivity contribution >= 4 is 11.3 Å². The van der Waals surface area contributed by atoms with Crippen LogP contribution in [0.15, 0.2) is 41.8 Å². The standard InChI is InChI=1S/C17H24N2S/c1-14-7-4-5-9-16(14)17(18-2)10-11-19(3)13-15-8-6-12-20-15/h4-9,12,17-18H,10-11,13H2,1-3H3. The molecule has 0 bridgehead atoms. The van der Waals surface area contributed by atoms with E-state index in [9.17, 15) is 0 Å². The minimum absolute atomic E-state index is 0.432. The number of rotatable bonds is 7. The first-order valence-corrected chi connectivity index (χ1v) is 8.02. The first kappa shape index (κ1) is 15.2. The molecule has 20 heavy (non-hydrogen) atoms. The van der Waals surface area contributed by atoms with Crippen LogP contribution in [0.4, 0.5) is 0 Å². The maximum atomic E-state index is 3.45. The van der Waals surface area contributed by atoms with Gasteiger partial charge in [-0.3, -0.25) is 0 Å². The lowest BCUT2D eigenvalue weighted by Gasteiger charge is -2.22. The van der Waals surface area contributed by atoms with Crippen LogP contribution in [0.1, 0.15) is 28.5 Å². The normalized spacial score (nSPS) is 12.8. The zero-order valence-corrected chi connectivity index (χ0v) is 13.4. The van der Waals surface area contributed by atoms with Gasteiger partial charge in [-0.2, -0.15) is 0 Å². The van der Waals surface area contributed by atoms with Crippen LogP contribution in [0.5, 0.6) is 0 Å². The molecule has 0 saturated carbocycles. The molecule has 0 aliphatic rings. The number of nitrogens with zero attached hydrogens (tertiary/aromatic N) is 1. The molecule has 1 N–H and O–H groups in total. The molecule has 1 heterocycles. The van der Waals surface area contributed by atoms with Crippen LogP contribution < -0.4 is 5.32 Å². The lowest BCUT2D eigenvalue weighted by Crippen LogP contribution is -2.25. The average molecular weight is 288 g/mol. The van der Waals surface area contributed by atoms with Gasteiger partial charge in [-0.25, -0.2) is 0 Å². The van der Waals surface area contributed by atoms with E-state index in [0.717, 1.165) is 19.5 Å². The Labute approximate surface area is 126 Å². The molecule has 1 atom stereocenters. The Bertz CT molecular complexity index is 507. The maximum absolute atomic E-state index is 3.45. The van der Waals surface area contributed by atoms with Crippen molar-refractivity contribution in [3.63, 3.8) is 0 Å². The summed E-state index contributed by atoms with van der Waals surface area (Å²) in [6.45, 7) is 4.33. The first-order valence-electron chi connectivity index (χ1n) is 7.14. The van der Waals surface area contributed by atoms with Gasteiger partial charge in [0.15, 0.2) is 0 Å². The SMILES string of the molecule is CNC(CCN(C)Cc1cccs1)c1ccccc1C. The van der Waals surface area contributed by atoms with E-state index in [0.29, 0.717) is 6.04 Å². The van der Waals surface area contributed by atoms with Crippen molar-refractivity contribution in [3.05, 3.63) is 57.8 Å². The highest BCUT2D eigenvalue weighted by Crippen LogP contribution is 2.21. The fourth-order valence-corrected chi connectivity index (χ4v) is 3.31. The van der Waals surface area contributed by atoms with E-state index >= 15 is 0 Å². The van der Waals surface area contributed by atoms with Crippen LogP contribution in [0.2, 0.25) is 0 Å². The summed E-state index contributed by atoms with van der Waals surface area (Å²) < 4.78 is 0. The minimum Gasteiger partial charge on any atom is -0.313 e. The molecular formula is C17H24N2S. The second-order valence-electron chi connectivity index (χ2n) is 5.30. The number of nitrogens with one attached hydrogen (secondary N) is 1. The Morgan fingerprint density at radius 3 is 2.65 bits per heavy atom. The van der Waals surface area contributed by atoms with Crippen LogP contribution in [0, 0.1) is 6.92 Å². The molecule has 0 saturated heterocycles. The predicted octanol–water partition coefficient (Wildman–Crippen LogP) is 3.84. The molecular weight excluding hydrogens is 264 g/mol. The predicted molar refractivity (Wildman–Crippen MR) is 88.2 cm³/mol. The number of hydrogen-bond donors (Lipinski definition) is 1. The smallest absolute Gasteiger partial charge is 0.0332 e. The quantitative estimate of drug-likeness (QED) is 0.833. The van der Waals surface area contributed by atoms with Crippen LogP contribution in [0.25, 0.3) is 0 Å². The van der Waals surface area contributed by atoms with Crippen LogP contribution in [-0.2, 0) is 6.54 Å². The molecule has 0 amide bonds. The number of aryl methyl sites for hydroxylation is 1. The molecule has 2 rings (SSSR count). The van der Waals surface area contributed by atoms with Gasteiger partial charge in [0.1, 0.15) is 0 Å². The topological polar surface area (TPSA) is 15.3 Å². The van der Waals surface area contributed by atoms with Gasteiger partial charge in [0, 0.05) is 24.0 Å². The van der Waals surface area contributed by atoms with Crippen LogP contribution in [-0.4, -0.2) is 25.5 Å². The third-order valence-electron chi connectivity index (χ3n) is 3.72. The molecule has 1 unspecified atom stereocenters. The van der Waals surface area contributed by atoms with Crippen LogP contribution in [0.3, 0.4) is 0 Å². The summed E-state index contributed by atoms with van der Waals surface area (Å²) in [6.07, 6.45) is 1.13. The lowest BCUT2D eigenvalue weighted by atomic mass is 9.99. The van der Waals surface area contributed by atoms with Crippen molar-refractivity contribution in [2.24, 2.45) is 0 Å². The van der Waals surface area contributed by atoms with Crippen molar-refractivity contribution < 1.29 is 0 Å². The molecule has 1 aromatic carbocycles. The average Bonchev–Trinajstić information content (AvgIpc) is 2.94. The van der Waals surface area contributed by atoms with Gasteiger partial charge in [-0.05, 0) is 50.0 Å². The van der Waals surface area contributed by atoms with E-state index in [1.165, 1.54) is 16.0 Å². The Hall–Kier alpha value is -1.16. The fraction of sp³-hybridized carbons (Fsp3) is 0.412. The van der Waals surface area contributed by atoms with Gasteiger partial charge in [0.2, 0.25) is 0 Å². The number of benzene rings is 1. The monoisotopic (exact) mass is 288 g/mol. The van der Waals surface area contributed by atoms with Gasteiger partial charge in [0.25, 0.3) is 0 Å². The summed E-state index contributed by atoms with van der Waals surface area (Å²) in [6, 6.07) is 13.4. The number of thiophene rings is 1. The molecule has 1 aromatic heterocycles. The van der Waals surface area contributed by atoms with E-state index < -0.39 is 0 Å². The largest absolute Gasteiger partial charge is 0.313 e. The highest BCUT2D eigenvalue weighted by Gasteiger charge is 2.12. The molecule has 3 heteroatoms. The highest BCUT2D eigenvalue weighted by molar-refractivity contribution is 7.09. The molecule has 0 aliphatic carbocycles. The zero-order valence-electron chi connectivity index (χ0n) is 12.6. The van der Waals surface area contributed by atoms with Crippen molar-refractivity contribution in [2.75, 3.05) is 20.6 Å². The Morgan fingerprint density at radius 1 is 1.20 bits per heavy atom. The van der Waals surface area contributed by atoms with E-state index in [4.69, 9.17) is 0 Å². The number of hydrogen-bond acceptors (Lipinski definition) is 3. The van der Waals surface area contributed by atoms with E-state index in [-0.39, 0.29) is 0 Å². The maximum Gasteiger partial charge on any atom is 0.0332 e. The zero-order chi connectivity index (χ0) is 14.4. The molecule has 0 radical (unpaired) electrons. The Balaban J connectivity index is 1.89. The molecule has 2 nitrogen and oxygen atoms in total. The van der Waals surface area contributed by atoms with Crippen molar-refractivity contribution in [1.29, 1.82) is 0 Å². The van der Waals surface area contributed by atoms with Crippen molar-refractivity contribution in [1.82, 2.24) is 10.2 Å². The van der Waals surface area contributed by atoms with Crippen molar-refractivity contribution in [3.8, 4) is 0 Å². The van der Waals surface area contributed by atoms with E-state index in [1.54, 1.807) is 0 Å². The Kier molecular flexibility index (Phi) is 5.77. The molecule has 0 aliphatic heterocycles. The van der Waals surface area contributed by atoms with Crippen molar-refractivity contribution in [2.45, 2.75) is 25.9 Å². The summed E-state index contributed by atoms with van der Waals surface area (Å²) in [5, 5.41) is 5.60. The van der Waals surface area contributed by atoms with E-state index in [1.807, 2.05) is 11.3 Å². The third kappa shape index (κ3) is 4.17. The van der Waals surface area contributed by atoms with Gasteiger partial charge in [0.05, 0.1) is 0 Å². The summed E-state index contributed by atoms with van der Waals surface area (Å²) in [5.74, 6) is 0. The summed E-state index contributed by atoms with van der Waals surface area (Å²) in [7, 11) is 4.25. The minimum atomic E-state index is 0.432. The lowest BCUT2D eigenvalue weighted by molar-refractivity contribution is 0.306. The third-order valence-corrected chi connectivity index (χ3v) is 4.58. The molecule has 2 aromatic rings. The second-order valence-corrected chi connectivity index (χ2v) is 6.34. The summed E-state index contributed by atoms with van der Waals surface area (Å²) >= 11 is 1.83. The van der Waals surface area contributed by atoms with Gasteiger partial charge >= 0.3 is 0 Å². The van der Waals surface area contributed by atoms with Gasteiger partial charge in [-0.1, -0.05) is 30.3 Å². The van der Waals surface area contributed by atoms with Crippen LogP contribution >= 0.6 is 11.3 Å². The summed E-state index contributed by atoms with van der Waals surface area (Å²) in [4.78, 5) is 3.83. The fourth-order valence-electron chi connectivity index (χ4n) is 2.53.